The first-order chi connectivity index (χ1) is 7.77. The first-order valence-electron chi connectivity index (χ1n) is 5.88. The van der Waals surface area contributed by atoms with Gasteiger partial charge in [0.15, 0.2) is 0 Å². The van der Waals surface area contributed by atoms with Gasteiger partial charge in [0.25, 0.3) is 0 Å². The Labute approximate surface area is 96.2 Å². The zero-order valence-electron chi connectivity index (χ0n) is 9.48. The summed E-state index contributed by atoms with van der Waals surface area (Å²) >= 11 is 0. The summed E-state index contributed by atoms with van der Waals surface area (Å²) in [6.45, 7) is 2.02. The molecule has 0 fully saturated rings. The van der Waals surface area contributed by atoms with Crippen molar-refractivity contribution >= 4 is 11.6 Å². The van der Waals surface area contributed by atoms with Crippen LogP contribution < -0.4 is 10.6 Å². The van der Waals surface area contributed by atoms with Gasteiger partial charge in [-0.3, -0.25) is 4.79 Å². The number of fused-ring (bicyclic) bond motifs is 1. The van der Waals surface area contributed by atoms with Gasteiger partial charge in [-0.25, -0.2) is 0 Å². The van der Waals surface area contributed by atoms with Crippen LogP contribution in [0.5, 0.6) is 0 Å². The van der Waals surface area contributed by atoms with Crippen LogP contribution in [0.15, 0.2) is 24.3 Å². The van der Waals surface area contributed by atoms with E-state index in [4.69, 9.17) is 5.73 Å². The van der Waals surface area contributed by atoms with E-state index in [1.165, 1.54) is 24.1 Å². The van der Waals surface area contributed by atoms with Crippen molar-refractivity contribution in [1.82, 2.24) is 0 Å². The molecular weight excluding hydrogens is 200 g/mol. The van der Waals surface area contributed by atoms with Crippen molar-refractivity contribution in [1.29, 1.82) is 0 Å². The Morgan fingerprint density at radius 1 is 1.38 bits per heavy atom. The molecule has 1 aliphatic heterocycles. The molecule has 1 amide bonds. The highest BCUT2D eigenvalue weighted by Crippen LogP contribution is 2.26. The van der Waals surface area contributed by atoms with E-state index in [0.29, 0.717) is 6.42 Å². The Morgan fingerprint density at radius 2 is 2.19 bits per heavy atom. The second-order valence-corrected chi connectivity index (χ2v) is 4.29. The quantitative estimate of drug-likeness (QED) is 0.836. The number of aryl methyl sites for hydroxylation is 1. The van der Waals surface area contributed by atoms with Gasteiger partial charge in [-0.1, -0.05) is 18.2 Å². The molecule has 2 rings (SSSR count). The molecule has 0 atom stereocenters. The Balaban J connectivity index is 1.99. The molecule has 16 heavy (non-hydrogen) atoms. The highest BCUT2D eigenvalue weighted by Gasteiger charge is 2.15. The summed E-state index contributed by atoms with van der Waals surface area (Å²) in [5.74, 6) is -0.203. The van der Waals surface area contributed by atoms with Gasteiger partial charge in [-0.05, 0) is 30.9 Å². The van der Waals surface area contributed by atoms with E-state index >= 15 is 0 Å². The van der Waals surface area contributed by atoms with Crippen LogP contribution in [-0.2, 0) is 11.2 Å². The van der Waals surface area contributed by atoms with E-state index in [0.717, 1.165) is 19.5 Å². The lowest BCUT2D eigenvalue weighted by Crippen LogP contribution is -2.30. The van der Waals surface area contributed by atoms with E-state index in [1.807, 2.05) is 0 Å². The van der Waals surface area contributed by atoms with Crippen LogP contribution in [0.3, 0.4) is 0 Å². The minimum atomic E-state index is -0.203. The fourth-order valence-corrected chi connectivity index (χ4v) is 2.29. The van der Waals surface area contributed by atoms with E-state index in [9.17, 15) is 4.79 Å². The van der Waals surface area contributed by atoms with Gasteiger partial charge >= 0.3 is 0 Å². The smallest absolute Gasteiger partial charge is 0.217 e. The molecule has 0 aliphatic carbocycles. The van der Waals surface area contributed by atoms with Crippen LogP contribution in [0.1, 0.15) is 24.8 Å². The van der Waals surface area contributed by atoms with Gasteiger partial charge < -0.3 is 10.6 Å². The van der Waals surface area contributed by atoms with Gasteiger partial charge in [0.05, 0.1) is 0 Å². The van der Waals surface area contributed by atoms with E-state index in [-0.39, 0.29) is 5.91 Å². The Bertz CT molecular complexity index is 376. The summed E-state index contributed by atoms with van der Waals surface area (Å²) in [5, 5.41) is 0. The third kappa shape index (κ3) is 2.54. The van der Waals surface area contributed by atoms with Crippen LogP contribution in [0, 0.1) is 0 Å². The Hall–Kier alpha value is -1.51. The SMILES string of the molecule is NC(=O)CCCN1CCCc2ccccc21. The predicted octanol–water partition coefficient (Wildman–Crippen LogP) is 1.70. The molecule has 0 bridgehead atoms. The molecule has 1 aromatic rings. The highest BCUT2D eigenvalue weighted by molar-refractivity contribution is 5.73. The lowest BCUT2D eigenvalue weighted by molar-refractivity contribution is -0.118. The number of hydrogen-bond donors (Lipinski definition) is 1. The van der Waals surface area contributed by atoms with E-state index in [2.05, 4.69) is 29.2 Å². The second-order valence-electron chi connectivity index (χ2n) is 4.29. The third-order valence-corrected chi connectivity index (χ3v) is 3.06. The molecule has 0 aromatic heterocycles. The average Bonchev–Trinajstić information content (AvgIpc) is 2.29. The maximum atomic E-state index is 10.7. The standard InChI is InChI=1S/C13H18N2O/c14-13(16)8-4-10-15-9-3-6-11-5-1-2-7-12(11)15/h1-2,5,7H,3-4,6,8-10H2,(H2,14,16). The predicted molar refractivity (Wildman–Crippen MR) is 65.4 cm³/mol. The number of nitrogens with two attached hydrogens (primary N) is 1. The molecule has 1 heterocycles. The first-order valence-corrected chi connectivity index (χ1v) is 5.88. The zero-order chi connectivity index (χ0) is 11.4. The number of primary amides is 1. The van der Waals surface area contributed by atoms with Crippen molar-refractivity contribution in [2.24, 2.45) is 5.73 Å². The molecule has 1 aromatic carbocycles. The van der Waals surface area contributed by atoms with Crippen molar-refractivity contribution in [2.45, 2.75) is 25.7 Å². The summed E-state index contributed by atoms with van der Waals surface area (Å²) < 4.78 is 0. The number of anilines is 1. The number of para-hydroxylation sites is 1. The summed E-state index contributed by atoms with van der Waals surface area (Å²) in [6.07, 6.45) is 3.71. The maximum Gasteiger partial charge on any atom is 0.217 e. The molecule has 1 aliphatic rings. The van der Waals surface area contributed by atoms with Crippen LogP contribution >= 0.6 is 0 Å². The molecule has 0 spiro atoms. The lowest BCUT2D eigenvalue weighted by Gasteiger charge is -2.31. The van der Waals surface area contributed by atoms with Gasteiger partial charge in [-0.15, -0.1) is 0 Å². The number of carbonyl (C=O) groups excluding carboxylic acids is 1. The molecule has 0 radical (unpaired) electrons. The summed E-state index contributed by atoms with van der Waals surface area (Å²) in [6, 6.07) is 8.52. The van der Waals surface area contributed by atoms with Crippen molar-refractivity contribution in [3.05, 3.63) is 29.8 Å². The van der Waals surface area contributed by atoms with Gasteiger partial charge in [0.2, 0.25) is 5.91 Å². The fourth-order valence-electron chi connectivity index (χ4n) is 2.29. The van der Waals surface area contributed by atoms with Crippen molar-refractivity contribution in [3.63, 3.8) is 0 Å². The van der Waals surface area contributed by atoms with E-state index in [1.54, 1.807) is 0 Å². The lowest BCUT2D eigenvalue weighted by atomic mass is 10.0. The Kier molecular flexibility index (Phi) is 3.44. The van der Waals surface area contributed by atoms with Gasteiger partial charge in [0.1, 0.15) is 0 Å². The highest BCUT2D eigenvalue weighted by atomic mass is 16.1. The third-order valence-electron chi connectivity index (χ3n) is 3.06. The maximum absolute atomic E-state index is 10.7. The summed E-state index contributed by atoms with van der Waals surface area (Å²) in [7, 11) is 0. The molecule has 3 nitrogen and oxygen atoms in total. The minimum absolute atomic E-state index is 0.203. The minimum Gasteiger partial charge on any atom is -0.371 e. The molecule has 2 N–H and O–H groups in total. The number of amides is 1. The molecule has 3 heteroatoms. The molecule has 86 valence electrons. The molecule has 0 unspecified atom stereocenters. The first kappa shape index (κ1) is 11.0. The van der Waals surface area contributed by atoms with Crippen molar-refractivity contribution < 1.29 is 4.79 Å². The number of carbonyl (C=O) groups is 1. The van der Waals surface area contributed by atoms with Crippen LogP contribution in [0.25, 0.3) is 0 Å². The number of hydrogen-bond acceptors (Lipinski definition) is 2. The molecule has 0 saturated carbocycles. The largest absolute Gasteiger partial charge is 0.371 e. The topological polar surface area (TPSA) is 46.3 Å². The van der Waals surface area contributed by atoms with Crippen molar-refractivity contribution in [2.75, 3.05) is 18.0 Å². The Morgan fingerprint density at radius 3 is 3.00 bits per heavy atom. The fraction of sp³-hybridized carbons (Fsp3) is 0.462. The van der Waals surface area contributed by atoms with Gasteiger partial charge in [0, 0.05) is 25.2 Å². The molecular formula is C13H18N2O. The number of benzene rings is 1. The summed E-state index contributed by atoms with van der Waals surface area (Å²) in [5.41, 5.74) is 7.90. The molecule has 0 saturated heterocycles. The monoisotopic (exact) mass is 218 g/mol. The zero-order valence-corrected chi connectivity index (χ0v) is 9.48. The second kappa shape index (κ2) is 5.01. The number of nitrogens with zero attached hydrogens (tertiary/aromatic N) is 1. The van der Waals surface area contributed by atoms with Crippen molar-refractivity contribution in [3.8, 4) is 0 Å². The van der Waals surface area contributed by atoms with Crippen LogP contribution in [0.2, 0.25) is 0 Å². The van der Waals surface area contributed by atoms with Crippen LogP contribution in [0.4, 0.5) is 5.69 Å². The van der Waals surface area contributed by atoms with Gasteiger partial charge in [-0.2, -0.15) is 0 Å². The average molecular weight is 218 g/mol. The van der Waals surface area contributed by atoms with E-state index < -0.39 is 0 Å². The van der Waals surface area contributed by atoms with Crippen LogP contribution in [-0.4, -0.2) is 19.0 Å². The summed E-state index contributed by atoms with van der Waals surface area (Å²) in [4.78, 5) is 13.1. The normalized spacial score (nSPS) is 14.6. The number of rotatable bonds is 4.